The van der Waals surface area contributed by atoms with E-state index in [4.69, 9.17) is 22.1 Å². The number of rotatable bonds is 2. The van der Waals surface area contributed by atoms with E-state index in [-0.39, 0.29) is 0 Å². The molecule has 0 aliphatic carbocycles. The van der Waals surface area contributed by atoms with Crippen molar-refractivity contribution in [2.24, 2.45) is 5.73 Å². The number of carbonyl (C=O) groups excluding carboxylic acids is 1. The summed E-state index contributed by atoms with van der Waals surface area (Å²) in [5, 5.41) is 0. The maximum atomic E-state index is 10.6. The number of primary amides is 1. The summed E-state index contributed by atoms with van der Waals surface area (Å²) in [4.78, 5) is 11.0. The summed E-state index contributed by atoms with van der Waals surface area (Å²) < 4.78 is 5.29. The van der Waals surface area contributed by atoms with Crippen molar-refractivity contribution in [1.29, 1.82) is 0 Å². The van der Waals surface area contributed by atoms with Crippen molar-refractivity contribution in [1.82, 2.24) is 0 Å². The molecule has 60 valence electrons. The van der Waals surface area contributed by atoms with Gasteiger partial charge in [0.25, 0.3) is 5.91 Å². The minimum atomic E-state index is -0.486. The van der Waals surface area contributed by atoms with E-state index in [2.05, 4.69) is 0 Å². The van der Waals surface area contributed by atoms with Crippen LogP contribution in [0.1, 0.15) is 9.67 Å². The standard InChI is InChI=1S/C6H6ClNO2S/c1-10-3-2-4(6(8)9)11-5(3)7/h2H,1H3,(H2,8,9). The van der Waals surface area contributed by atoms with Crippen LogP contribution in [0.3, 0.4) is 0 Å². The molecule has 11 heavy (non-hydrogen) atoms. The van der Waals surface area contributed by atoms with Gasteiger partial charge >= 0.3 is 0 Å². The number of hydrogen-bond donors (Lipinski definition) is 1. The normalized spacial score (nSPS) is 9.64. The molecule has 2 N–H and O–H groups in total. The minimum absolute atomic E-state index is 0.409. The van der Waals surface area contributed by atoms with E-state index in [1.54, 1.807) is 0 Å². The molecular weight excluding hydrogens is 186 g/mol. The van der Waals surface area contributed by atoms with Crippen LogP contribution in [0.2, 0.25) is 4.34 Å². The molecule has 0 saturated heterocycles. The molecule has 3 nitrogen and oxygen atoms in total. The number of nitrogens with two attached hydrogens (primary N) is 1. The first-order valence-electron chi connectivity index (χ1n) is 2.78. The number of hydrogen-bond acceptors (Lipinski definition) is 3. The predicted octanol–water partition coefficient (Wildman–Crippen LogP) is 1.51. The lowest BCUT2D eigenvalue weighted by Crippen LogP contribution is -2.08. The zero-order valence-corrected chi connectivity index (χ0v) is 7.33. The van der Waals surface area contributed by atoms with E-state index in [9.17, 15) is 4.79 Å². The molecular formula is C6H6ClNO2S. The molecule has 5 heteroatoms. The minimum Gasteiger partial charge on any atom is -0.494 e. The van der Waals surface area contributed by atoms with Crippen LogP contribution in [0.5, 0.6) is 5.75 Å². The molecule has 1 amide bonds. The number of halogens is 1. The Morgan fingerprint density at radius 1 is 1.82 bits per heavy atom. The lowest BCUT2D eigenvalue weighted by atomic mass is 10.4. The quantitative estimate of drug-likeness (QED) is 0.771. The number of carbonyl (C=O) groups is 1. The Balaban J connectivity index is 3.05. The molecule has 0 unspecified atom stereocenters. The Morgan fingerprint density at radius 2 is 2.45 bits per heavy atom. The Hall–Kier alpha value is -0.740. The van der Waals surface area contributed by atoms with Gasteiger partial charge in [0.05, 0.1) is 12.0 Å². The van der Waals surface area contributed by atoms with Gasteiger partial charge in [-0.15, -0.1) is 11.3 Å². The number of amides is 1. The lowest BCUT2D eigenvalue weighted by Gasteiger charge is -1.91. The topological polar surface area (TPSA) is 52.3 Å². The van der Waals surface area contributed by atoms with Crippen molar-refractivity contribution in [3.05, 3.63) is 15.3 Å². The molecule has 0 spiro atoms. The van der Waals surface area contributed by atoms with Crippen LogP contribution >= 0.6 is 22.9 Å². The summed E-state index contributed by atoms with van der Waals surface area (Å²) in [5.41, 5.74) is 5.01. The van der Waals surface area contributed by atoms with Crippen LogP contribution in [0.25, 0.3) is 0 Å². The van der Waals surface area contributed by atoms with Crippen molar-refractivity contribution >= 4 is 28.8 Å². The summed E-state index contributed by atoms with van der Waals surface area (Å²) in [6, 6.07) is 1.52. The fraction of sp³-hybridized carbons (Fsp3) is 0.167. The number of ether oxygens (including phenoxy) is 1. The van der Waals surface area contributed by atoms with Crippen molar-refractivity contribution in [2.45, 2.75) is 0 Å². The molecule has 1 rings (SSSR count). The summed E-state index contributed by atoms with van der Waals surface area (Å²) in [6.45, 7) is 0. The van der Waals surface area contributed by atoms with Gasteiger partial charge in [0.15, 0.2) is 0 Å². The summed E-state index contributed by atoms with van der Waals surface area (Å²) in [5.74, 6) is 0.00525. The Bertz CT molecular complexity index is 284. The first-order valence-corrected chi connectivity index (χ1v) is 3.97. The summed E-state index contributed by atoms with van der Waals surface area (Å²) >= 11 is 6.79. The number of methoxy groups -OCH3 is 1. The van der Waals surface area contributed by atoms with E-state index in [1.165, 1.54) is 13.2 Å². The van der Waals surface area contributed by atoms with Crippen LogP contribution in [-0.4, -0.2) is 13.0 Å². The summed E-state index contributed by atoms with van der Waals surface area (Å²) in [6.07, 6.45) is 0. The second-order valence-corrected chi connectivity index (χ2v) is 3.47. The zero-order valence-electron chi connectivity index (χ0n) is 5.76. The molecule has 0 saturated carbocycles. The highest BCUT2D eigenvalue weighted by molar-refractivity contribution is 7.18. The Morgan fingerprint density at radius 3 is 2.73 bits per heavy atom. The fourth-order valence-corrected chi connectivity index (χ4v) is 1.70. The highest BCUT2D eigenvalue weighted by Gasteiger charge is 2.10. The Kier molecular flexibility index (Phi) is 2.36. The van der Waals surface area contributed by atoms with Gasteiger partial charge in [0, 0.05) is 6.07 Å². The molecule has 0 fully saturated rings. The van der Waals surface area contributed by atoms with Crippen molar-refractivity contribution in [3.8, 4) is 5.75 Å². The first-order chi connectivity index (χ1) is 5.15. The van der Waals surface area contributed by atoms with E-state index in [1.807, 2.05) is 0 Å². The van der Waals surface area contributed by atoms with Crippen molar-refractivity contribution in [3.63, 3.8) is 0 Å². The molecule has 0 bridgehead atoms. The average Bonchev–Trinajstić information content (AvgIpc) is 2.31. The molecule has 1 heterocycles. The molecule has 0 aromatic carbocycles. The SMILES string of the molecule is COc1cc(C(N)=O)sc1Cl. The second-order valence-electron chi connectivity index (χ2n) is 1.82. The fourth-order valence-electron chi connectivity index (χ4n) is 0.613. The third-order valence-electron chi connectivity index (χ3n) is 1.12. The third kappa shape index (κ3) is 1.64. The second kappa shape index (κ2) is 3.11. The van der Waals surface area contributed by atoms with Crippen LogP contribution in [0.15, 0.2) is 6.07 Å². The molecule has 0 radical (unpaired) electrons. The molecule has 1 aromatic rings. The largest absolute Gasteiger partial charge is 0.494 e. The van der Waals surface area contributed by atoms with Gasteiger partial charge in [-0.1, -0.05) is 11.6 Å². The number of thiophene rings is 1. The average molecular weight is 192 g/mol. The van der Waals surface area contributed by atoms with Crippen LogP contribution in [0.4, 0.5) is 0 Å². The van der Waals surface area contributed by atoms with E-state index < -0.39 is 5.91 Å². The van der Waals surface area contributed by atoms with E-state index in [0.717, 1.165) is 11.3 Å². The van der Waals surface area contributed by atoms with Crippen molar-refractivity contribution < 1.29 is 9.53 Å². The van der Waals surface area contributed by atoms with Gasteiger partial charge in [-0.25, -0.2) is 0 Å². The molecule has 0 aliphatic heterocycles. The molecule has 0 atom stereocenters. The summed E-state index contributed by atoms with van der Waals surface area (Å²) in [7, 11) is 1.48. The van der Waals surface area contributed by atoms with Gasteiger partial charge < -0.3 is 10.5 Å². The Labute approximate surface area is 72.7 Å². The maximum absolute atomic E-state index is 10.6. The van der Waals surface area contributed by atoms with Gasteiger partial charge in [-0.2, -0.15) is 0 Å². The van der Waals surface area contributed by atoms with E-state index >= 15 is 0 Å². The van der Waals surface area contributed by atoms with Gasteiger partial charge in [0.2, 0.25) is 0 Å². The van der Waals surface area contributed by atoms with Crippen LogP contribution < -0.4 is 10.5 Å². The predicted molar refractivity (Wildman–Crippen MR) is 44.4 cm³/mol. The highest BCUT2D eigenvalue weighted by atomic mass is 35.5. The van der Waals surface area contributed by atoms with Gasteiger partial charge in [-0.05, 0) is 0 Å². The third-order valence-corrected chi connectivity index (χ3v) is 2.46. The highest BCUT2D eigenvalue weighted by Crippen LogP contribution is 2.33. The first kappa shape index (κ1) is 8.36. The van der Waals surface area contributed by atoms with Crippen molar-refractivity contribution in [2.75, 3.05) is 7.11 Å². The smallest absolute Gasteiger partial charge is 0.258 e. The van der Waals surface area contributed by atoms with Gasteiger partial charge in [0.1, 0.15) is 10.1 Å². The van der Waals surface area contributed by atoms with E-state index in [0.29, 0.717) is 15.0 Å². The van der Waals surface area contributed by atoms with Crippen LogP contribution in [0, 0.1) is 0 Å². The molecule has 1 aromatic heterocycles. The molecule has 0 aliphatic rings. The maximum Gasteiger partial charge on any atom is 0.258 e. The van der Waals surface area contributed by atoms with Crippen LogP contribution in [-0.2, 0) is 0 Å². The lowest BCUT2D eigenvalue weighted by molar-refractivity contribution is 0.100. The zero-order chi connectivity index (χ0) is 8.43. The van der Waals surface area contributed by atoms with Gasteiger partial charge in [-0.3, -0.25) is 4.79 Å². The monoisotopic (exact) mass is 191 g/mol.